The molecule has 7 heteroatoms. The van der Waals surface area contributed by atoms with Crippen LogP contribution in [0, 0.1) is 0 Å². The van der Waals surface area contributed by atoms with Gasteiger partial charge in [0.2, 0.25) is 16.9 Å². The molecule has 0 spiro atoms. The van der Waals surface area contributed by atoms with Crippen LogP contribution in [0.25, 0.3) is 0 Å². The lowest BCUT2D eigenvalue weighted by atomic mass is 10.0. The molecule has 6 nitrogen and oxygen atoms in total. The fourth-order valence-corrected chi connectivity index (χ4v) is 3.47. The van der Waals surface area contributed by atoms with Gasteiger partial charge in [-0.2, -0.15) is 0 Å². The average molecular weight is 380 g/mol. The van der Waals surface area contributed by atoms with Gasteiger partial charge in [-0.05, 0) is 11.1 Å². The standard InChI is InChI=1S/C20H20N4O2S/c1-14(25)21-17(16-10-6-3-7-11-16)13-18(26)22-20-24-23-19(27-20)12-15-8-4-2-5-9-15/h2-11,17H,12-13H2,1H3,(H,21,25)(H,22,24,26)/t17-/m0/s1. The molecule has 0 aliphatic carbocycles. The number of anilines is 1. The van der Waals surface area contributed by atoms with E-state index in [0.717, 1.165) is 16.1 Å². The second-order valence-electron chi connectivity index (χ2n) is 6.08. The van der Waals surface area contributed by atoms with Gasteiger partial charge in [0.25, 0.3) is 0 Å². The molecule has 3 aromatic rings. The Labute approximate surface area is 161 Å². The first-order chi connectivity index (χ1) is 13.1. The van der Waals surface area contributed by atoms with Gasteiger partial charge in [0, 0.05) is 13.3 Å². The summed E-state index contributed by atoms with van der Waals surface area (Å²) in [6.07, 6.45) is 0.796. The molecule has 2 N–H and O–H groups in total. The molecule has 27 heavy (non-hydrogen) atoms. The van der Waals surface area contributed by atoms with Crippen molar-refractivity contribution in [3.05, 3.63) is 76.8 Å². The predicted molar refractivity (Wildman–Crippen MR) is 105 cm³/mol. The van der Waals surface area contributed by atoms with Crippen LogP contribution in [0.15, 0.2) is 60.7 Å². The molecule has 0 bridgehead atoms. The van der Waals surface area contributed by atoms with E-state index in [1.807, 2.05) is 60.7 Å². The SMILES string of the molecule is CC(=O)N[C@@H](CC(=O)Nc1nnc(Cc2ccccc2)s1)c1ccccc1. The van der Waals surface area contributed by atoms with Crippen LogP contribution in [0.2, 0.25) is 0 Å². The maximum Gasteiger partial charge on any atom is 0.228 e. The molecule has 3 rings (SSSR count). The average Bonchev–Trinajstić information content (AvgIpc) is 3.09. The van der Waals surface area contributed by atoms with E-state index in [-0.39, 0.29) is 24.3 Å². The van der Waals surface area contributed by atoms with Gasteiger partial charge in [-0.1, -0.05) is 72.0 Å². The Morgan fingerprint density at radius 3 is 2.33 bits per heavy atom. The van der Waals surface area contributed by atoms with Crippen molar-refractivity contribution in [2.75, 3.05) is 5.32 Å². The number of carbonyl (C=O) groups excluding carboxylic acids is 2. The summed E-state index contributed by atoms with van der Waals surface area (Å²) in [5, 5.41) is 15.1. The molecule has 1 heterocycles. The number of hydrogen-bond acceptors (Lipinski definition) is 5. The minimum atomic E-state index is -0.389. The van der Waals surface area contributed by atoms with Crippen molar-refractivity contribution >= 4 is 28.3 Å². The van der Waals surface area contributed by atoms with Gasteiger partial charge in [-0.25, -0.2) is 0 Å². The summed E-state index contributed by atoms with van der Waals surface area (Å²) in [7, 11) is 0. The van der Waals surface area contributed by atoms with E-state index in [9.17, 15) is 9.59 Å². The van der Waals surface area contributed by atoms with E-state index in [1.165, 1.54) is 18.3 Å². The molecule has 0 aliphatic rings. The van der Waals surface area contributed by atoms with E-state index >= 15 is 0 Å². The van der Waals surface area contributed by atoms with E-state index in [2.05, 4.69) is 20.8 Å². The van der Waals surface area contributed by atoms with Crippen molar-refractivity contribution in [3.63, 3.8) is 0 Å². The van der Waals surface area contributed by atoms with E-state index in [4.69, 9.17) is 0 Å². The molecule has 0 radical (unpaired) electrons. The Hall–Kier alpha value is -3.06. The Morgan fingerprint density at radius 1 is 1.00 bits per heavy atom. The van der Waals surface area contributed by atoms with E-state index in [0.29, 0.717) is 11.6 Å². The van der Waals surface area contributed by atoms with E-state index in [1.54, 1.807) is 0 Å². The van der Waals surface area contributed by atoms with Crippen molar-refractivity contribution in [2.45, 2.75) is 25.8 Å². The number of amides is 2. The molecule has 1 atom stereocenters. The Kier molecular flexibility index (Phi) is 6.27. The van der Waals surface area contributed by atoms with Crippen LogP contribution in [0.4, 0.5) is 5.13 Å². The summed E-state index contributed by atoms with van der Waals surface area (Å²) in [6.45, 7) is 1.44. The lowest BCUT2D eigenvalue weighted by molar-refractivity contribution is -0.120. The van der Waals surface area contributed by atoms with Gasteiger partial charge >= 0.3 is 0 Å². The molecular formula is C20H20N4O2S. The quantitative estimate of drug-likeness (QED) is 0.658. The first-order valence-electron chi connectivity index (χ1n) is 8.58. The molecule has 2 amide bonds. The van der Waals surface area contributed by atoms with Crippen LogP contribution in [0.5, 0.6) is 0 Å². The summed E-state index contributed by atoms with van der Waals surface area (Å²) in [5.74, 6) is -0.405. The van der Waals surface area contributed by atoms with Gasteiger partial charge < -0.3 is 10.6 Å². The van der Waals surface area contributed by atoms with Crippen LogP contribution < -0.4 is 10.6 Å². The van der Waals surface area contributed by atoms with Gasteiger partial charge in [0.15, 0.2) is 0 Å². The minimum absolute atomic E-state index is 0.122. The zero-order valence-corrected chi connectivity index (χ0v) is 15.7. The summed E-state index contributed by atoms with van der Waals surface area (Å²) >= 11 is 1.35. The third-order valence-corrected chi connectivity index (χ3v) is 4.72. The molecule has 1 aromatic heterocycles. The van der Waals surface area contributed by atoms with Crippen LogP contribution >= 0.6 is 11.3 Å². The van der Waals surface area contributed by atoms with Crippen LogP contribution in [-0.2, 0) is 16.0 Å². The number of nitrogens with zero attached hydrogens (tertiary/aromatic N) is 2. The predicted octanol–water partition coefficient (Wildman–Crippen LogP) is 3.33. The largest absolute Gasteiger partial charge is 0.349 e. The Balaban J connectivity index is 1.61. The maximum atomic E-state index is 12.4. The molecule has 0 unspecified atom stereocenters. The summed E-state index contributed by atoms with van der Waals surface area (Å²) in [4.78, 5) is 23.9. The molecule has 0 saturated carbocycles. The lowest BCUT2D eigenvalue weighted by Gasteiger charge is -2.17. The lowest BCUT2D eigenvalue weighted by Crippen LogP contribution is -2.29. The molecular weight excluding hydrogens is 360 g/mol. The van der Waals surface area contributed by atoms with Crippen molar-refractivity contribution in [2.24, 2.45) is 0 Å². The van der Waals surface area contributed by atoms with Crippen molar-refractivity contribution in [1.29, 1.82) is 0 Å². The summed E-state index contributed by atoms with van der Waals surface area (Å²) < 4.78 is 0. The van der Waals surface area contributed by atoms with Crippen LogP contribution in [0.3, 0.4) is 0 Å². The second-order valence-corrected chi connectivity index (χ2v) is 7.14. The Morgan fingerprint density at radius 2 is 1.67 bits per heavy atom. The van der Waals surface area contributed by atoms with E-state index < -0.39 is 0 Å². The molecule has 0 fully saturated rings. The topological polar surface area (TPSA) is 84.0 Å². The highest BCUT2D eigenvalue weighted by molar-refractivity contribution is 7.15. The number of nitrogens with one attached hydrogen (secondary N) is 2. The molecule has 2 aromatic carbocycles. The van der Waals surface area contributed by atoms with Crippen molar-refractivity contribution in [3.8, 4) is 0 Å². The molecule has 0 saturated heterocycles. The highest BCUT2D eigenvalue weighted by Gasteiger charge is 2.18. The van der Waals surface area contributed by atoms with Crippen molar-refractivity contribution in [1.82, 2.24) is 15.5 Å². The third kappa shape index (κ3) is 5.72. The highest BCUT2D eigenvalue weighted by Crippen LogP contribution is 2.21. The Bertz CT molecular complexity index is 897. The molecule has 0 aliphatic heterocycles. The van der Waals surface area contributed by atoms with Gasteiger partial charge in [0.1, 0.15) is 5.01 Å². The zero-order chi connectivity index (χ0) is 19.1. The number of benzene rings is 2. The first-order valence-corrected chi connectivity index (χ1v) is 9.40. The monoisotopic (exact) mass is 380 g/mol. The fourth-order valence-electron chi connectivity index (χ4n) is 2.68. The normalized spacial score (nSPS) is 11.6. The number of hydrogen-bond donors (Lipinski definition) is 2. The van der Waals surface area contributed by atoms with Gasteiger partial charge in [-0.3, -0.25) is 9.59 Å². The number of carbonyl (C=O) groups is 2. The van der Waals surface area contributed by atoms with Crippen LogP contribution in [0.1, 0.15) is 35.5 Å². The number of rotatable bonds is 7. The summed E-state index contributed by atoms with van der Waals surface area (Å²) in [5.41, 5.74) is 2.02. The maximum absolute atomic E-state index is 12.4. The minimum Gasteiger partial charge on any atom is -0.349 e. The van der Waals surface area contributed by atoms with Crippen LogP contribution in [-0.4, -0.2) is 22.0 Å². The molecule has 138 valence electrons. The fraction of sp³-hybridized carbons (Fsp3) is 0.200. The third-order valence-electron chi connectivity index (χ3n) is 3.88. The van der Waals surface area contributed by atoms with Gasteiger partial charge in [0.05, 0.1) is 12.5 Å². The highest BCUT2D eigenvalue weighted by atomic mass is 32.1. The second kappa shape index (κ2) is 9.05. The smallest absolute Gasteiger partial charge is 0.228 e. The zero-order valence-electron chi connectivity index (χ0n) is 14.9. The van der Waals surface area contributed by atoms with Crippen molar-refractivity contribution < 1.29 is 9.59 Å². The summed E-state index contributed by atoms with van der Waals surface area (Å²) in [6, 6.07) is 19.0. The van der Waals surface area contributed by atoms with Gasteiger partial charge in [-0.15, -0.1) is 10.2 Å². The first kappa shape index (κ1) is 18.7. The number of aromatic nitrogens is 2.